The molecule has 1 aliphatic rings. The van der Waals surface area contributed by atoms with E-state index in [4.69, 9.17) is 21.7 Å². The molecule has 8 heteroatoms. The summed E-state index contributed by atoms with van der Waals surface area (Å²) in [5.41, 5.74) is 3.32. The van der Waals surface area contributed by atoms with Gasteiger partial charge < -0.3 is 4.90 Å². The van der Waals surface area contributed by atoms with Crippen molar-refractivity contribution in [3.05, 3.63) is 53.4 Å². The third kappa shape index (κ3) is 3.21. The van der Waals surface area contributed by atoms with Crippen molar-refractivity contribution in [1.82, 2.24) is 24.4 Å². The summed E-state index contributed by atoms with van der Waals surface area (Å²) >= 11 is 7.62. The van der Waals surface area contributed by atoms with Gasteiger partial charge in [0.2, 0.25) is 10.1 Å². The number of nitrogens with zero attached hydrogens (tertiary/aromatic N) is 6. The molecule has 1 saturated heterocycles. The molecule has 0 aliphatic carbocycles. The highest BCUT2D eigenvalue weighted by molar-refractivity contribution is 7.20. The molecule has 0 saturated carbocycles. The Bertz CT molecular complexity index is 1040. The summed E-state index contributed by atoms with van der Waals surface area (Å²) in [6.45, 7) is 2.03. The zero-order valence-corrected chi connectivity index (χ0v) is 16.5. The molecule has 5 rings (SSSR count). The van der Waals surface area contributed by atoms with Crippen molar-refractivity contribution in [3.8, 4) is 11.3 Å². The number of rotatable bonds is 3. The molecule has 6 nitrogen and oxygen atoms in total. The Balaban J connectivity index is 1.31. The molecule has 1 aromatic carbocycles. The predicted octanol–water partition coefficient (Wildman–Crippen LogP) is 4.23. The van der Waals surface area contributed by atoms with Gasteiger partial charge in [0.05, 0.1) is 18.1 Å². The molecule has 1 aliphatic heterocycles. The second kappa shape index (κ2) is 6.65. The van der Waals surface area contributed by atoms with Crippen LogP contribution in [-0.2, 0) is 7.05 Å². The fraction of sp³-hybridized carbons (Fsp3) is 0.316. The van der Waals surface area contributed by atoms with Crippen molar-refractivity contribution >= 4 is 33.0 Å². The number of hydrogen-bond acceptors (Lipinski definition) is 5. The van der Waals surface area contributed by atoms with E-state index in [1.165, 1.54) is 5.56 Å². The Labute approximate surface area is 166 Å². The number of piperidine rings is 1. The lowest BCUT2D eigenvalue weighted by Crippen LogP contribution is -2.32. The molecule has 0 atom stereocenters. The van der Waals surface area contributed by atoms with Gasteiger partial charge >= 0.3 is 0 Å². The fourth-order valence-electron chi connectivity index (χ4n) is 3.63. The second-order valence-corrected chi connectivity index (χ2v) is 8.32. The first-order chi connectivity index (χ1) is 13.2. The van der Waals surface area contributed by atoms with Gasteiger partial charge in [0.1, 0.15) is 0 Å². The van der Waals surface area contributed by atoms with E-state index in [2.05, 4.69) is 16.2 Å². The highest BCUT2D eigenvalue weighted by Crippen LogP contribution is 2.33. The number of aryl methyl sites for hydroxylation is 1. The van der Waals surface area contributed by atoms with Crippen LogP contribution in [0.2, 0.25) is 5.02 Å². The SMILES string of the molecule is Cn1cc(C2CCN(c3nn4cc(-c5ccc(Cl)cc5)nc4s3)CC2)cn1. The summed E-state index contributed by atoms with van der Waals surface area (Å²) < 4.78 is 3.77. The fourth-order valence-corrected chi connectivity index (χ4v) is 4.69. The average molecular weight is 399 g/mol. The van der Waals surface area contributed by atoms with Gasteiger partial charge in [-0.3, -0.25) is 4.68 Å². The maximum Gasteiger partial charge on any atom is 0.214 e. The number of fused-ring (bicyclic) bond motifs is 1. The third-order valence-corrected chi connectivity index (χ3v) is 6.37. The van der Waals surface area contributed by atoms with Gasteiger partial charge in [0, 0.05) is 36.9 Å². The number of halogens is 1. The van der Waals surface area contributed by atoms with E-state index in [0.717, 1.165) is 52.3 Å². The topological polar surface area (TPSA) is 51.2 Å². The number of aromatic nitrogens is 5. The maximum atomic E-state index is 5.97. The van der Waals surface area contributed by atoms with E-state index in [0.29, 0.717) is 5.92 Å². The third-order valence-electron chi connectivity index (χ3n) is 5.13. The average Bonchev–Trinajstić information content (AvgIpc) is 3.37. The molecule has 0 bridgehead atoms. The quantitative estimate of drug-likeness (QED) is 0.518. The maximum absolute atomic E-state index is 5.97. The number of benzene rings is 1. The lowest BCUT2D eigenvalue weighted by Gasteiger charge is -2.30. The summed E-state index contributed by atoms with van der Waals surface area (Å²) in [6.07, 6.45) is 8.38. The predicted molar refractivity (Wildman–Crippen MR) is 109 cm³/mol. The van der Waals surface area contributed by atoms with Crippen LogP contribution in [0.15, 0.2) is 42.9 Å². The van der Waals surface area contributed by atoms with Crippen molar-refractivity contribution in [3.63, 3.8) is 0 Å². The molecule has 4 heterocycles. The second-order valence-electron chi connectivity index (χ2n) is 6.95. The minimum atomic E-state index is 0.593. The molecule has 138 valence electrons. The van der Waals surface area contributed by atoms with Crippen molar-refractivity contribution < 1.29 is 0 Å². The van der Waals surface area contributed by atoms with Crippen LogP contribution in [0, 0.1) is 0 Å². The summed E-state index contributed by atoms with van der Waals surface area (Å²) in [6, 6.07) is 7.74. The number of anilines is 1. The van der Waals surface area contributed by atoms with Crippen LogP contribution in [0.3, 0.4) is 0 Å². The number of imidazole rings is 1. The molecule has 0 radical (unpaired) electrons. The summed E-state index contributed by atoms with van der Waals surface area (Å²) in [7, 11) is 1.97. The first-order valence-corrected chi connectivity index (χ1v) is 10.2. The lowest BCUT2D eigenvalue weighted by molar-refractivity contribution is 0.503. The molecule has 0 spiro atoms. The van der Waals surface area contributed by atoms with Crippen LogP contribution in [0.5, 0.6) is 0 Å². The van der Waals surface area contributed by atoms with Gasteiger partial charge in [-0.05, 0) is 36.5 Å². The Morgan fingerprint density at radius 2 is 1.89 bits per heavy atom. The Morgan fingerprint density at radius 1 is 1.11 bits per heavy atom. The molecular weight excluding hydrogens is 380 g/mol. The van der Waals surface area contributed by atoms with Crippen LogP contribution in [0.25, 0.3) is 16.2 Å². The summed E-state index contributed by atoms with van der Waals surface area (Å²) in [5.74, 6) is 0.593. The monoisotopic (exact) mass is 398 g/mol. The Hall–Kier alpha value is -2.38. The zero-order valence-electron chi connectivity index (χ0n) is 14.9. The van der Waals surface area contributed by atoms with Crippen molar-refractivity contribution in [2.45, 2.75) is 18.8 Å². The van der Waals surface area contributed by atoms with Crippen LogP contribution >= 0.6 is 22.9 Å². The first kappa shape index (κ1) is 16.8. The van der Waals surface area contributed by atoms with Crippen molar-refractivity contribution in [1.29, 1.82) is 0 Å². The zero-order chi connectivity index (χ0) is 18.4. The molecule has 4 aromatic rings. The standard InChI is InChI=1S/C19H19ClN6S/c1-24-11-15(10-21-24)13-6-8-25(9-7-13)19-23-26-12-17(22-18(26)27-19)14-2-4-16(20)5-3-14/h2-5,10-13H,6-9H2,1H3. The van der Waals surface area contributed by atoms with Crippen LogP contribution in [-0.4, -0.2) is 37.5 Å². The molecule has 0 N–H and O–H groups in total. The molecular formula is C19H19ClN6S. The summed E-state index contributed by atoms with van der Waals surface area (Å²) in [4.78, 5) is 8.02. The Morgan fingerprint density at radius 3 is 2.56 bits per heavy atom. The van der Waals surface area contributed by atoms with E-state index in [9.17, 15) is 0 Å². The minimum absolute atomic E-state index is 0.593. The largest absolute Gasteiger partial charge is 0.347 e. The molecule has 3 aromatic heterocycles. The van der Waals surface area contributed by atoms with E-state index < -0.39 is 0 Å². The van der Waals surface area contributed by atoms with Gasteiger partial charge in [-0.15, -0.1) is 5.10 Å². The van der Waals surface area contributed by atoms with Gasteiger partial charge in [-0.25, -0.2) is 9.50 Å². The summed E-state index contributed by atoms with van der Waals surface area (Å²) in [5, 5.41) is 10.8. The van der Waals surface area contributed by atoms with E-state index >= 15 is 0 Å². The van der Waals surface area contributed by atoms with Crippen LogP contribution in [0.1, 0.15) is 24.3 Å². The van der Waals surface area contributed by atoms with E-state index in [-0.39, 0.29) is 0 Å². The molecule has 0 unspecified atom stereocenters. The normalized spacial score (nSPS) is 15.7. The highest BCUT2D eigenvalue weighted by Gasteiger charge is 2.24. The lowest BCUT2D eigenvalue weighted by atomic mass is 9.92. The van der Waals surface area contributed by atoms with Crippen LogP contribution < -0.4 is 4.90 Å². The molecule has 0 amide bonds. The van der Waals surface area contributed by atoms with E-state index in [1.807, 2.05) is 52.9 Å². The number of hydrogen-bond donors (Lipinski definition) is 0. The molecule has 27 heavy (non-hydrogen) atoms. The Kier molecular flexibility index (Phi) is 4.13. The smallest absolute Gasteiger partial charge is 0.214 e. The van der Waals surface area contributed by atoms with Gasteiger partial charge in [0.15, 0.2) is 0 Å². The van der Waals surface area contributed by atoms with Crippen molar-refractivity contribution in [2.24, 2.45) is 7.05 Å². The highest BCUT2D eigenvalue weighted by atomic mass is 35.5. The molecule has 1 fully saturated rings. The van der Waals surface area contributed by atoms with Gasteiger partial charge in [-0.2, -0.15) is 5.10 Å². The van der Waals surface area contributed by atoms with Crippen molar-refractivity contribution in [2.75, 3.05) is 18.0 Å². The van der Waals surface area contributed by atoms with E-state index in [1.54, 1.807) is 11.3 Å². The van der Waals surface area contributed by atoms with Crippen LogP contribution in [0.4, 0.5) is 5.13 Å². The minimum Gasteiger partial charge on any atom is -0.347 e. The van der Waals surface area contributed by atoms with Gasteiger partial charge in [0.25, 0.3) is 0 Å². The first-order valence-electron chi connectivity index (χ1n) is 9.01. The van der Waals surface area contributed by atoms with Gasteiger partial charge in [-0.1, -0.05) is 35.1 Å².